The Hall–Kier alpha value is -3.13. The molecular formula is C29H29F5O3. The molecule has 4 rings (SSSR count). The molecule has 1 atom stereocenters. The van der Waals surface area contributed by atoms with Crippen LogP contribution in [0.5, 0.6) is 11.5 Å². The molecule has 0 bridgehead atoms. The Labute approximate surface area is 212 Å². The van der Waals surface area contributed by atoms with E-state index in [0.29, 0.717) is 31.2 Å². The Balaban J connectivity index is 1.38. The van der Waals surface area contributed by atoms with Crippen molar-refractivity contribution < 1.29 is 36.5 Å². The summed E-state index contributed by atoms with van der Waals surface area (Å²) in [5, 5.41) is 9.51. The summed E-state index contributed by atoms with van der Waals surface area (Å²) in [5.41, 5.74) is 0.571. The van der Waals surface area contributed by atoms with E-state index in [4.69, 9.17) is 9.47 Å². The second-order valence-corrected chi connectivity index (χ2v) is 9.39. The third-order valence-electron chi connectivity index (χ3n) is 6.95. The van der Waals surface area contributed by atoms with Crippen LogP contribution in [0.4, 0.5) is 22.0 Å². The first-order chi connectivity index (χ1) is 17.7. The first kappa shape index (κ1) is 26.9. The van der Waals surface area contributed by atoms with Gasteiger partial charge in [-0.15, -0.1) is 0 Å². The van der Waals surface area contributed by atoms with Crippen molar-refractivity contribution in [1.82, 2.24) is 0 Å². The molecule has 0 saturated heterocycles. The molecule has 1 aliphatic rings. The molecule has 3 aromatic carbocycles. The lowest BCUT2D eigenvalue weighted by atomic mass is 9.78. The topological polar surface area (TPSA) is 38.7 Å². The first-order valence-electron chi connectivity index (χ1n) is 12.4. The summed E-state index contributed by atoms with van der Waals surface area (Å²) >= 11 is 0. The lowest BCUT2D eigenvalue weighted by Crippen LogP contribution is -2.20. The number of ether oxygens (including phenoxy) is 2. The van der Waals surface area contributed by atoms with Crippen LogP contribution in [0.15, 0.2) is 42.5 Å². The maximum absolute atomic E-state index is 15.0. The highest BCUT2D eigenvalue weighted by Crippen LogP contribution is 2.39. The monoisotopic (exact) mass is 520 g/mol. The van der Waals surface area contributed by atoms with Crippen LogP contribution in [0.3, 0.4) is 0 Å². The zero-order chi connectivity index (χ0) is 26.7. The van der Waals surface area contributed by atoms with Crippen molar-refractivity contribution in [3.05, 3.63) is 82.7 Å². The maximum Gasteiger partial charge on any atom is 0.201 e. The Kier molecular flexibility index (Phi) is 8.37. The second-order valence-electron chi connectivity index (χ2n) is 9.39. The number of benzene rings is 3. The van der Waals surface area contributed by atoms with Crippen molar-refractivity contribution in [2.45, 2.75) is 51.6 Å². The number of hydrogen-bond donors (Lipinski definition) is 1. The number of halogens is 5. The SMILES string of the molecule is CCOc1ccc(-c2ccc(C3CCC(COc4ccc(C(C)O)c(F)c4F)CC3)c(F)c2)c(F)c1F. The first-order valence-corrected chi connectivity index (χ1v) is 12.4. The molecule has 1 unspecified atom stereocenters. The summed E-state index contributed by atoms with van der Waals surface area (Å²) < 4.78 is 82.8. The zero-order valence-corrected chi connectivity index (χ0v) is 20.7. The van der Waals surface area contributed by atoms with Gasteiger partial charge in [0.25, 0.3) is 0 Å². The van der Waals surface area contributed by atoms with Gasteiger partial charge in [0.1, 0.15) is 5.82 Å². The van der Waals surface area contributed by atoms with Crippen LogP contribution in [0.1, 0.15) is 62.7 Å². The van der Waals surface area contributed by atoms with Gasteiger partial charge >= 0.3 is 0 Å². The molecule has 1 fully saturated rings. The molecule has 1 aliphatic carbocycles. The van der Waals surface area contributed by atoms with E-state index in [1.807, 2.05) is 0 Å². The van der Waals surface area contributed by atoms with Gasteiger partial charge in [0.2, 0.25) is 11.6 Å². The number of hydrogen-bond acceptors (Lipinski definition) is 3. The molecule has 1 N–H and O–H groups in total. The molecule has 0 aromatic heterocycles. The normalized spacial score (nSPS) is 18.5. The van der Waals surface area contributed by atoms with Gasteiger partial charge in [-0.3, -0.25) is 0 Å². The van der Waals surface area contributed by atoms with Gasteiger partial charge in [0, 0.05) is 11.1 Å². The van der Waals surface area contributed by atoms with Gasteiger partial charge in [-0.1, -0.05) is 12.1 Å². The van der Waals surface area contributed by atoms with Gasteiger partial charge < -0.3 is 14.6 Å². The molecule has 0 radical (unpaired) electrons. The predicted octanol–water partition coefficient (Wildman–Crippen LogP) is 7.85. The van der Waals surface area contributed by atoms with Gasteiger partial charge in [-0.25, -0.2) is 13.2 Å². The smallest absolute Gasteiger partial charge is 0.201 e. The molecule has 37 heavy (non-hydrogen) atoms. The molecule has 0 heterocycles. The van der Waals surface area contributed by atoms with Crippen LogP contribution in [0.2, 0.25) is 0 Å². The predicted molar refractivity (Wildman–Crippen MR) is 130 cm³/mol. The molecule has 3 nitrogen and oxygen atoms in total. The van der Waals surface area contributed by atoms with Crippen LogP contribution in [0, 0.1) is 35.0 Å². The fraction of sp³-hybridized carbons (Fsp3) is 0.379. The van der Waals surface area contributed by atoms with E-state index < -0.39 is 35.2 Å². The minimum absolute atomic E-state index is 0.0441. The molecule has 0 spiro atoms. The average Bonchev–Trinajstić information content (AvgIpc) is 2.88. The highest BCUT2D eigenvalue weighted by atomic mass is 19.2. The van der Waals surface area contributed by atoms with E-state index in [-0.39, 0.29) is 53.2 Å². The van der Waals surface area contributed by atoms with E-state index in [1.165, 1.54) is 37.3 Å². The molecule has 3 aromatic rings. The summed E-state index contributed by atoms with van der Waals surface area (Å²) in [4.78, 5) is 0. The highest BCUT2D eigenvalue weighted by Gasteiger charge is 2.26. The summed E-state index contributed by atoms with van der Waals surface area (Å²) in [6, 6.07) is 9.72. The molecule has 198 valence electrons. The van der Waals surface area contributed by atoms with Gasteiger partial charge in [0.05, 0.1) is 19.3 Å². The van der Waals surface area contributed by atoms with Gasteiger partial charge in [-0.05, 0) is 92.8 Å². The lowest BCUT2D eigenvalue weighted by molar-refractivity contribution is 0.184. The largest absolute Gasteiger partial charge is 0.491 e. The minimum Gasteiger partial charge on any atom is -0.491 e. The summed E-state index contributed by atoms with van der Waals surface area (Å²) in [7, 11) is 0. The van der Waals surface area contributed by atoms with E-state index in [0.717, 1.165) is 0 Å². The molecule has 1 saturated carbocycles. The summed E-state index contributed by atoms with van der Waals surface area (Å²) in [6.07, 6.45) is 1.64. The standard InChI is InChI=1S/C29H29F5O3/c1-3-36-24-13-11-22(27(32)28(24)33)19-8-9-21(23(30)14-19)18-6-4-17(5-7-18)15-37-25-12-10-20(16(2)35)26(31)29(25)34/h8-14,16-18,35H,3-7,15H2,1-2H3. The maximum atomic E-state index is 15.0. The minimum atomic E-state index is -1.13. The number of aliphatic hydroxyl groups excluding tert-OH is 1. The molecular weight excluding hydrogens is 491 g/mol. The Morgan fingerprint density at radius 3 is 2.11 bits per heavy atom. The van der Waals surface area contributed by atoms with E-state index in [2.05, 4.69) is 0 Å². The molecule has 8 heteroatoms. The van der Waals surface area contributed by atoms with Crippen molar-refractivity contribution in [3.8, 4) is 22.6 Å². The lowest BCUT2D eigenvalue weighted by Gasteiger charge is -2.29. The second kappa shape index (κ2) is 11.5. The summed E-state index contributed by atoms with van der Waals surface area (Å²) in [6.45, 7) is 3.41. The van der Waals surface area contributed by atoms with E-state index in [9.17, 15) is 22.7 Å². The third kappa shape index (κ3) is 5.74. The van der Waals surface area contributed by atoms with E-state index in [1.54, 1.807) is 19.1 Å². The quantitative estimate of drug-likeness (QED) is 0.308. The third-order valence-corrected chi connectivity index (χ3v) is 6.95. The Morgan fingerprint density at radius 1 is 0.811 bits per heavy atom. The highest BCUT2D eigenvalue weighted by molar-refractivity contribution is 5.66. The van der Waals surface area contributed by atoms with Crippen molar-refractivity contribution >= 4 is 0 Å². The van der Waals surface area contributed by atoms with Crippen LogP contribution in [-0.2, 0) is 0 Å². The van der Waals surface area contributed by atoms with Crippen LogP contribution in [-0.4, -0.2) is 18.3 Å². The van der Waals surface area contributed by atoms with Crippen LogP contribution in [0.25, 0.3) is 11.1 Å². The molecule has 0 aliphatic heterocycles. The zero-order valence-electron chi connectivity index (χ0n) is 20.7. The van der Waals surface area contributed by atoms with Crippen molar-refractivity contribution in [1.29, 1.82) is 0 Å². The Morgan fingerprint density at radius 2 is 1.46 bits per heavy atom. The number of rotatable bonds is 8. The van der Waals surface area contributed by atoms with Gasteiger partial charge in [-0.2, -0.15) is 8.78 Å². The van der Waals surface area contributed by atoms with Gasteiger partial charge in [0.15, 0.2) is 23.1 Å². The van der Waals surface area contributed by atoms with Crippen LogP contribution >= 0.6 is 0 Å². The van der Waals surface area contributed by atoms with Crippen molar-refractivity contribution in [2.75, 3.05) is 13.2 Å². The van der Waals surface area contributed by atoms with E-state index >= 15 is 4.39 Å². The number of aliphatic hydroxyl groups is 1. The molecule has 0 amide bonds. The fourth-order valence-corrected chi connectivity index (χ4v) is 4.88. The van der Waals surface area contributed by atoms with Crippen molar-refractivity contribution in [2.24, 2.45) is 5.92 Å². The van der Waals surface area contributed by atoms with Crippen LogP contribution < -0.4 is 9.47 Å². The Bertz CT molecular complexity index is 1250. The van der Waals surface area contributed by atoms with Crippen molar-refractivity contribution in [3.63, 3.8) is 0 Å². The average molecular weight is 521 g/mol. The summed E-state index contributed by atoms with van der Waals surface area (Å²) in [5.74, 6) is -5.27. The fourth-order valence-electron chi connectivity index (χ4n) is 4.88.